The van der Waals surface area contributed by atoms with Crippen LogP contribution >= 0.6 is 0 Å². The fourth-order valence-corrected chi connectivity index (χ4v) is 4.71. The molecule has 26 heavy (non-hydrogen) atoms. The number of rotatable bonds is 12. The molecule has 0 aliphatic heterocycles. The van der Waals surface area contributed by atoms with Gasteiger partial charge in [-0.3, -0.25) is 0 Å². The van der Waals surface area contributed by atoms with Crippen LogP contribution < -0.4 is 0 Å². The second-order valence-corrected chi connectivity index (χ2v) is 20.4. The third-order valence-electron chi connectivity index (χ3n) is 6.42. The van der Waals surface area contributed by atoms with Crippen LogP contribution in [0.25, 0.3) is 0 Å². The van der Waals surface area contributed by atoms with Gasteiger partial charge in [0.25, 0.3) is 0 Å². The van der Waals surface area contributed by atoms with Crippen LogP contribution in [0.15, 0.2) is 12.7 Å². The molecule has 0 amide bonds. The first kappa shape index (κ1) is 26.1. The Balaban J connectivity index is 3.94. The van der Waals surface area contributed by atoms with Crippen LogP contribution in [-0.2, 0) is 8.85 Å². The van der Waals surface area contributed by atoms with Crippen molar-refractivity contribution in [3.05, 3.63) is 12.7 Å². The smallest absolute Gasteiger partial charge is 0.192 e. The summed E-state index contributed by atoms with van der Waals surface area (Å²) in [6.45, 7) is 28.1. The molecule has 156 valence electrons. The Hall–Kier alpha value is 0.0938. The van der Waals surface area contributed by atoms with Crippen molar-refractivity contribution in [2.45, 2.75) is 122 Å². The summed E-state index contributed by atoms with van der Waals surface area (Å²) < 4.78 is 12.7. The zero-order valence-electron chi connectivity index (χ0n) is 19.6. The van der Waals surface area contributed by atoms with Crippen molar-refractivity contribution in [2.24, 2.45) is 0 Å². The van der Waals surface area contributed by atoms with Crippen molar-refractivity contribution in [3.8, 4) is 0 Å². The second kappa shape index (κ2) is 10.6. The molecule has 0 aliphatic rings. The largest absolute Gasteiger partial charge is 0.417 e. The molecule has 0 N–H and O–H groups in total. The Morgan fingerprint density at radius 3 is 1.69 bits per heavy atom. The van der Waals surface area contributed by atoms with E-state index in [2.05, 4.69) is 74.3 Å². The summed E-state index contributed by atoms with van der Waals surface area (Å²) >= 11 is 0. The van der Waals surface area contributed by atoms with Gasteiger partial charge in [-0.25, -0.2) is 0 Å². The Labute approximate surface area is 167 Å². The third kappa shape index (κ3) is 9.34. The van der Waals surface area contributed by atoms with Crippen molar-refractivity contribution in [2.75, 3.05) is 6.61 Å². The molecule has 0 saturated heterocycles. The van der Waals surface area contributed by atoms with Gasteiger partial charge in [-0.1, -0.05) is 73.3 Å². The molecule has 0 aromatic rings. The Morgan fingerprint density at radius 1 is 0.769 bits per heavy atom. The second-order valence-electron chi connectivity index (χ2n) is 10.8. The SMILES string of the molecule is C=CC(CCCCCCCO[Si](C)(C)C(C)(C)C)O[Si](C)(C)C(C)(C)C. The molecule has 0 radical (unpaired) electrons. The zero-order chi connectivity index (χ0) is 20.6. The molecular weight excluding hydrogens is 352 g/mol. The molecule has 1 atom stereocenters. The standard InChI is InChI=1S/C22H48O2Si2/c1-12-20(24-26(10,11)22(5,6)7)18-16-14-13-15-17-19-23-25(8,9)21(2,3)4/h12,20H,1,13-19H2,2-11H3. The van der Waals surface area contributed by atoms with E-state index in [-0.39, 0.29) is 11.1 Å². The maximum atomic E-state index is 6.47. The first-order valence-electron chi connectivity index (χ1n) is 10.6. The lowest BCUT2D eigenvalue weighted by Crippen LogP contribution is -2.43. The predicted octanol–water partition coefficient (Wildman–Crippen LogP) is 7.93. The normalized spacial score (nSPS) is 15.2. The highest BCUT2D eigenvalue weighted by Gasteiger charge is 2.38. The molecule has 0 spiro atoms. The van der Waals surface area contributed by atoms with Crippen LogP contribution in [0.4, 0.5) is 0 Å². The summed E-state index contributed by atoms with van der Waals surface area (Å²) in [7, 11) is -3.25. The summed E-state index contributed by atoms with van der Waals surface area (Å²) in [4.78, 5) is 0. The van der Waals surface area contributed by atoms with Gasteiger partial charge >= 0.3 is 0 Å². The molecule has 0 aromatic heterocycles. The van der Waals surface area contributed by atoms with Gasteiger partial charge in [0, 0.05) is 6.61 Å². The van der Waals surface area contributed by atoms with Crippen LogP contribution in [-0.4, -0.2) is 29.3 Å². The van der Waals surface area contributed by atoms with E-state index in [1.807, 2.05) is 6.08 Å². The van der Waals surface area contributed by atoms with Gasteiger partial charge < -0.3 is 8.85 Å². The van der Waals surface area contributed by atoms with E-state index in [9.17, 15) is 0 Å². The number of unbranched alkanes of at least 4 members (excludes halogenated alkanes) is 4. The van der Waals surface area contributed by atoms with Gasteiger partial charge in [-0.05, 0) is 49.1 Å². The van der Waals surface area contributed by atoms with Crippen molar-refractivity contribution in [1.82, 2.24) is 0 Å². The summed E-state index contributed by atoms with van der Waals surface area (Å²) in [6, 6.07) is 0. The van der Waals surface area contributed by atoms with Gasteiger partial charge in [-0.2, -0.15) is 0 Å². The lowest BCUT2D eigenvalue weighted by Gasteiger charge is -2.38. The highest BCUT2D eigenvalue weighted by atomic mass is 28.4. The first-order chi connectivity index (χ1) is 11.6. The van der Waals surface area contributed by atoms with Crippen LogP contribution in [0, 0.1) is 0 Å². The monoisotopic (exact) mass is 400 g/mol. The Kier molecular flexibility index (Phi) is 10.6. The van der Waals surface area contributed by atoms with Gasteiger partial charge in [0.1, 0.15) is 0 Å². The lowest BCUT2D eigenvalue weighted by atomic mass is 10.1. The lowest BCUT2D eigenvalue weighted by molar-refractivity contribution is 0.210. The minimum absolute atomic E-state index is 0.220. The Bertz CT molecular complexity index is 403. The van der Waals surface area contributed by atoms with Gasteiger partial charge in [0.05, 0.1) is 6.10 Å². The van der Waals surface area contributed by atoms with E-state index < -0.39 is 16.6 Å². The van der Waals surface area contributed by atoms with Crippen molar-refractivity contribution < 1.29 is 8.85 Å². The number of hydrogen-bond donors (Lipinski definition) is 0. The maximum Gasteiger partial charge on any atom is 0.192 e. The fraction of sp³-hybridized carbons (Fsp3) is 0.909. The predicted molar refractivity (Wildman–Crippen MR) is 123 cm³/mol. The van der Waals surface area contributed by atoms with Crippen molar-refractivity contribution in [1.29, 1.82) is 0 Å². The van der Waals surface area contributed by atoms with Crippen molar-refractivity contribution >= 4 is 16.6 Å². The highest BCUT2D eigenvalue weighted by molar-refractivity contribution is 6.74. The average Bonchev–Trinajstić information content (AvgIpc) is 2.46. The van der Waals surface area contributed by atoms with E-state index in [1.54, 1.807) is 0 Å². The molecule has 0 heterocycles. The minimum Gasteiger partial charge on any atom is -0.417 e. The third-order valence-corrected chi connectivity index (χ3v) is 15.5. The summed E-state index contributed by atoms with van der Waals surface area (Å²) in [5.41, 5.74) is 0. The van der Waals surface area contributed by atoms with E-state index in [1.165, 1.54) is 32.1 Å². The molecule has 4 heteroatoms. The summed E-state index contributed by atoms with van der Waals surface area (Å²) in [5.74, 6) is 0. The van der Waals surface area contributed by atoms with Crippen LogP contribution in [0.2, 0.25) is 36.3 Å². The van der Waals surface area contributed by atoms with E-state index in [0.29, 0.717) is 5.04 Å². The molecule has 2 nitrogen and oxygen atoms in total. The molecule has 1 unspecified atom stereocenters. The van der Waals surface area contributed by atoms with Gasteiger partial charge in [0.2, 0.25) is 0 Å². The molecule has 0 fully saturated rings. The average molecular weight is 401 g/mol. The quantitative estimate of drug-likeness (QED) is 0.188. The number of hydrogen-bond acceptors (Lipinski definition) is 2. The summed E-state index contributed by atoms with van der Waals surface area (Å²) in [6.07, 6.45) is 9.61. The topological polar surface area (TPSA) is 18.5 Å². The van der Waals surface area contributed by atoms with Crippen LogP contribution in [0.1, 0.15) is 80.1 Å². The molecule has 0 aromatic carbocycles. The molecule has 0 saturated carbocycles. The highest BCUT2D eigenvalue weighted by Crippen LogP contribution is 2.38. The fourth-order valence-electron chi connectivity index (χ4n) is 2.30. The van der Waals surface area contributed by atoms with Crippen LogP contribution in [0.5, 0.6) is 0 Å². The molecular formula is C22H48O2Si2. The van der Waals surface area contributed by atoms with Crippen molar-refractivity contribution in [3.63, 3.8) is 0 Å². The Morgan fingerprint density at radius 2 is 1.23 bits per heavy atom. The maximum absolute atomic E-state index is 6.47. The van der Waals surface area contributed by atoms with Gasteiger partial charge in [-0.15, -0.1) is 6.58 Å². The van der Waals surface area contributed by atoms with Gasteiger partial charge in [0.15, 0.2) is 16.6 Å². The van der Waals surface area contributed by atoms with Crippen LogP contribution in [0.3, 0.4) is 0 Å². The van der Waals surface area contributed by atoms with E-state index >= 15 is 0 Å². The first-order valence-corrected chi connectivity index (χ1v) is 16.4. The molecule has 0 rings (SSSR count). The molecule has 0 aliphatic carbocycles. The minimum atomic E-state index is -1.69. The summed E-state index contributed by atoms with van der Waals surface area (Å²) in [5, 5.41) is 0.579. The zero-order valence-corrected chi connectivity index (χ0v) is 21.6. The molecule has 0 bridgehead atoms. The van der Waals surface area contributed by atoms with E-state index in [4.69, 9.17) is 8.85 Å². The van der Waals surface area contributed by atoms with E-state index in [0.717, 1.165) is 13.0 Å².